The average molecular weight is 141 g/mol. The number of allylic oxidation sites excluding steroid dienone is 1. The van der Waals surface area contributed by atoms with E-state index in [-0.39, 0.29) is 0 Å². The van der Waals surface area contributed by atoms with Gasteiger partial charge in [-0.1, -0.05) is 0 Å². The Morgan fingerprint density at radius 3 is 2.80 bits per heavy atom. The molecule has 10 heavy (non-hydrogen) atoms. The highest BCUT2D eigenvalue weighted by Gasteiger charge is 2.20. The van der Waals surface area contributed by atoms with Crippen molar-refractivity contribution < 1.29 is 5.11 Å². The third-order valence-electron chi connectivity index (χ3n) is 1.27. The summed E-state index contributed by atoms with van der Waals surface area (Å²) >= 11 is 0. The zero-order chi connectivity index (χ0) is 7.61. The molecule has 0 amide bonds. The lowest BCUT2D eigenvalue weighted by Gasteiger charge is -2.31. The minimum Gasteiger partial charge on any atom is -0.359 e. The van der Waals surface area contributed by atoms with Gasteiger partial charge in [0.15, 0.2) is 5.85 Å². The van der Waals surface area contributed by atoms with Crippen molar-refractivity contribution in [3.63, 3.8) is 0 Å². The molecule has 3 N–H and O–H groups in total. The van der Waals surface area contributed by atoms with Crippen molar-refractivity contribution in [3.05, 3.63) is 12.3 Å². The van der Waals surface area contributed by atoms with Crippen molar-refractivity contribution in [2.24, 2.45) is 10.7 Å². The fourth-order valence-corrected chi connectivity index (χ4v) is 0.680. The molecular weight excluding hydrogens is 130 g/mol. The lowest BCUT2D eigenvalue weighted by Crippen LogP contribution is -2.51. The summed E-state index contributed by atoms with van der Waals surface area (Å²) in [4.78, 5) is 5.43. The third-order valence-corrected chi connectivity index (χ3v) is 1.27. The van der Waals surface area contributed by atoms with Crippen LogP contribution in [-0.4, -0.2) is 28.7 Å². The predicted molar refractivity (Wildman–Crippen MR) is 39.1 cm³/mol. The van der Waals surface area contributed by atoms with E-state index in [1.54, 1.807) is 18.5 Å². The normalized spacial score (nSPS) is 22.9. The summed E-state index contributed by atoms with van der Waals surface area (Å²) in [5.41, 5.74) is 5.37. The van der Waals surface area contributed by atoms with Crippen LogP contribution in [0.4, 0.5) is 0 Å². The van der Waals surface area contributed by atoms with Gasteiger partial charge in [0.25, 0.3) is 0 Å². The molecule has 1 aliphatic heterocycles. The molecule has 4 heteroatoms. The van der Waals surface area contributed by atoms with Crippen LogP contribution in [0, 0.1) is 0 Å². The highest BCUT2D eigenvalue weighted by atomic mass is 16.3. The van der Waals surface area contributed by atoms with E-state index < -0.39 is 5.85 Å². The van der Waals surface area contributed by atoms with Crippen LogP contribution < -0.4 is 5.73 Å². The van der Waals surface area contributed by atoms with Gasteiger partial charge in [0.1, 0.15) is 6.67 Å². The topological polar surface area (TPSA) is 61.9 Å². The van der Waals surface area contributed by atoms with E-state index in [1.807, 2.05) is 0 Å². The number of nitrogens with zero attached hydrogens (tertiary/aromatic N) is 2. The second-order valence-electron chi connectivity index (χ2n) is 2.38. The molecule has 0 saturated carbocycles. The van der Waals surface area contributed by atoms with Crippen molar-refractivity contribution in [2.45, 2.75) is 12.8 Å². The van der Waals surface area contributed by atoms with Gasteiger partial charge in [-0.25, -0.2) is 0 Å². The van der Waals surface area contributed by atoms with Crippen molar-refractivity contribution in [3.8, 4) is 0 Å². The number of hydrogen-bond acceptors (Lipinski definition) is 4. The first-order chi connectivity index (χ1) is 4.61. The molecule has 1 rings (SSSR count). The minimum atomic E-state index is -1.30. The maximum Gasteiger partial charge on any atom is 0.190 e. The van der Waals surface area contributed by atoms with Crippen LogP contribution in [0.3, 0.4) is 0 Å². The zero-order valence-electron chi connectivity index (χ0n) is 5.86. The smallest absolute Gasteiger partial charge is 0.190 e. The lowest BCUT2D eigenvalue weighted by molar-refractivity contribution is -0.0598. The Kier molecular flexibility index (Phi) is 1.74. The van der Waals surface area contributed by atoms with Crippen molar-refractivity contribution in [1.29, 1.82) is 0 Å². The molecule has 1 unspecified atom stereocenters. The van der Waals surface area contributed by atoms with Gasteiger partial charge in [-0.3, -0.25) is 10.7 Å². The zero-order valence-corrected chi connectivity index (χ0v) is 5.86. The Bertz CT molecular complexity index is 168. The first-order valence-corrected chi connectivity index (χ1v) is 3.05. The van der Waals surface area contributed by atoms with Crippen LogP contribution in [0.2, 0.25) is 0 Å². The van der Waals surface area contributed by atoms with Gasteiger partial charge in [0, 0.05) is 12.4 Å². The van der Waals surface area contributed by atoms with Gasteiger partial charge in [0.05, 0.1) is 0 Å². The number of aliphatic hydroxyl groups is 1. The van der Waals surface area contributed by atoms with Crippen LogP contribution in [0.25, 0.3) is 0 Å². The van der Waals surface area contributed by atoms with Crippen molar-refractivity contribution in [1.82, 2.24) is 4.90 Å². The Morgan fingerprint density at radius 1 is 1.80 bits per heavy atom. The molecule has 0 aromatic rings. The summed E-state index contributed by atoms with van der Waals surface area (Å²) in [5.74, 6) is -1.30. The summed E-state index contributed by atoms with van der Waals surface area (Å²) in [5, 5.41) is 9.22. The molecule has 56 valence electrons. The molecule has 0 bridgehead atoms. The van der Waals surface area contributed by atoms with Crippen LogP contribution >= 0.6 is 0 Å². The molecule has 0 spiro atoms. The quantitative estimate of drug-likeness (QED) is 0.482. The largest absolute Gasteiger partial charge is 0.359 e. The standard InChI is InChI=1S/C6H11N3O/c1-6(7,10)9-4-2-3-8-5-9/h2-4,10H,5,7H2,1H3. The maximum atomic E-state index is 9.22. The molecule has 1 aliphatic rings. The summed E-state index contributed by atoms with van der Waals surface area (Å²) in [7, 11) is 0. The number of rotatable bonds is 1. The molecule has 0 aromatic heterocycles. The van der Waals surface area contributed by atoms with Crippen molar-refractivity contribution in [2.75, 3.05) is 6.67 Å². The van der Waals surface area contributed by atoms with E-state index in [2.05, 4.69) is 4.99 Å². The SMILES string of the molecule is CC(N)(O)N1C=CC=NC1. The lowest BCUT2D eigenvalue weighted by atomic mass is 10.4. The average Bonchev–Trinajstić information content (AvgIpc) is 1.88. The third kappa shape index (κ3) is 1.55. The van der Waals surface area contributed by atoms with Gasteiger partial charge in [-0.05, 0) is 13.0 Å². The second kappa shape index (κ2) is 2.40. The Balaban J connectivity index is 2.60. The Morgan fingerprint density at radius 2 is 2.50 bits per heavy atom. The fraction of sp³-hybridized carbons (Fsp3) is 0.500. The first kappa shape index (κ1) is 7.24. The Labute approximate surface area is 59.7 Å². The molecule has 1 atom stereocenters. The van der Waals surface area contributed by atoms with E-state index in [4.69, 9.17) is 5.73 Å². The summed E-state index contributed by atoms with van der Waals surface area (Å²) in [6.45, 7) is 1.93. The van der Waals surface area contributed by atoms with Gasteiger partial charge < -0.3 is 10.0 Å². The Hall–Kier alpha value is -0.870. The molecule has 0 aromatic carbocycles. The summed E-state index contributed by atoms with van der Waals surface area (Å²) in [6, 6.07) is 0. The van der Waals surface area contributed by atoms with Gasteiger partial charge >= 0.3 is 0 Å². The van der Waals surface area contributed by atoms with E-state index in [9.17, 15) is 5.11 Å². The molecule has 0 radical (unpaired) electrons. The van der Waals surface area contributed by atoms with Gasteiger partial charge in [0.2, 0.25) is 0 Å². The number of hydrogen-bond donors (Lipinski definition) is 2. The summed E-state index contributed by atoms with van der Waals surface area (Å²) < 4.78 is 0. The van der Waals surface area contributed by atoms with E-state index in [1.165, 1.54) is 11.8 Å². The molecule has 0 fully saturated rings. The number of aliphatic imine (C=N–C) groups is 1. The van der Waals surface area contributed by atoms with Crippen LogP contribution in [0.15, 0.2) is 17.3 Å². The van der Waals surface area contributed by atoms with Gasteiger partial charge in [-0.15, -0.1) is 0 Å². The number of nitrogens with two attached hydrogens (primary N) is 1. The molecule has 1 heterocycles. The van der Waals surface area contributed by atoms with Crippen LogP contribution in [0.1, 0.15) is 6.92 Å². The highest BCUT2D eigenvalue weighted by molar-refractivity contribution is 5.71. The van der Waals surface area contributed by atoms with E-state index >= 15 is 0 Å². The van der Waals surface area contributed by atoms with Gasteiger partial charge in [-0.2, -0.15) is 0 Å². The molecule has 0 saturated heterocycles. The molecular formula is C6H11N3O. The monoisotopic (exact) mass is 141 g/mol. The van der Waals surface area contributed by atoms with Crippen molar-refractivity contribution >= 4 is 6.21 Å². The van der Waals surface area contributed by atoms with Crippen LogP contribution in [0.5, 0.6) is 0 Å². The highest BCUT2D eigenvalue weighted by Crippen LogP contribution is 2.05. The molecule has 4 nitrogen and oxygen atoms in total. The maximum absolute atomic E-state index is 9.22. The molecule has 0 aliphatic carbocycles. The first-order valence-electron chi connectivity index (χ1n) is 3.05. The van der Waals surface area contributed by atoms with E-state index in [0.29, 0.717) is 6.67 Å². The second-order valence-corrected chi connectivity index (χ2v) is 2.38. The van der Waals surface area contributed by atoms with E-state index in [0.717, 1.165) is 0 Å². The predicted octanol–water partition coefficient (Wildman–Crippen LogP) is -0.531. The minimum absolute atomic E-state index is 0.417. The summed E-state index contributed by atoms with van der Waals surface area (Å²) in [6.07, 6.45) is 5.10. The fourth-order valence-electron chi connectivity index (χ4n) is 0.680. The van der Waals surface area contributed by atoms with Crippen LogP contribution in [-0.2, 0) is 0 Å².